The molecule has 0 aromatic heterocycles. The minimum Gasteiger partial charge on any atom is -0.463 e. The first-order chi connectivity index (χ1) is 16.4. The number of fused-ring (bicyclic) bond motifs is 3. The highest BCUT2D eigenvalue weighted by molar-refractivity contribution is 5.91. The Morgan fingerprint density at radius 2 is 1.71 bits per heavy atom. The molecular formula is C26H28N2O6. The molecule has 3 atom stereocenters. The highest BCUT2D eigenvalue weighted by Crippen LogP contribution is 2.44. The van der Waals surface area contributed by atoms with Crippen molar-refractivity contribution >= 4 is 17.8 Å². The van der Waals surface area contributed by atoms with Crippen molar-refractivity contribution in [1.82, 2.24) is 4.90 Å². The van der Waals surface area contributed by atoms with Gasteiger partial charge in [0.1, 0.15) is 19.3 Å². The lowest BCUT2D eigenvalue weighted by molar-refractivity contribution is -0.154. The van der Waals surface area contributed by atoms with E-state index in [4.69, 9.17) is 15.2 Å². The zero-order valence-electron chi connectivity index (χ0n) is 18.8. The number of nitrogens with two attached hydrogens (primary N) is 1. The molecule has 2 aliphatic rings. The summed E-state index contributed by atoms with van der Waals surface area (Å²) in [6.07, 6.45) is 0.247. The molecule has 0 radical (unpaired) electrons. The van der Waals surface area contributed by atoms with Gasteiger partial charge in [-0.3, -0.25) is 9.59 Å². The fraction of sp³-hybridized carbons (Fsp3) is 0.346. The van der Waals surface area contributed by atoms with Gasteiger partial charge in [0.2, 0.25) is 5.91 Å². The summed E-state index contributed by atoms with van der Waals surface area (Å²) in [5, 5.41) is 10.1. The number of hydrogen-bond acceptors (Lipinski definition) is 7. The molecule has 4 rings (SSSR count). The second kappa shape index (κ2) is 10.2. The van der Waals surface area contributed by atoms with Crippen LogP contribution < -0.4 is 5.73 Å². The molecule has 34 heavy (non-hydrogen) atoms. The molecule has 0 spiro atoms. The topological polar surface area (TPSA) is 119 Å². The molecule has 0 bridgehead atoms. The van der Waals surface area contributed by atoms with Gasteiger partial charge >= 0.3 is 11.9 Å². The fourth-order valence-electron chi connectivity index (χ4n) is 4.67. The maximum atomic E-state index is 13.0. The SMILES string of the molecule is C=CCOC(=O)C[C@H](N)C(=O)N1C[C@H](O)C[C@H]1C(=O)OCC1c2ccccc2-c2ccccc21. The molecule has 1 fully saturated rings. The molecular weight excluding hydrogens is 436 g/mol. The predicted octanol–water partition coefficient (Wildman–Crippen LogP) is 1.75. The number of aliphatic hydroxyl groups is 1. The van der Waals surface area contributed by atoms with Crippen molar-refractivity contribution in [3.05, 3.63) is 72.3 Å². The van der Waals surface area contributed by atoms with Crippen molar-refractivity contribution in [3.8, 4) is 11.1 Å². The number of likely N-dealkylation sites (tertiary alicyclic amines) is 1. The first-order valence-electron chi connectivity index (χ1n) is 11.3. The number of ether oxygens (including phenoxy) is 2. The number of nitrogens with zero attached hydrogens (tertiary/aromatic N) is 1. The Labute approximate surface area is 198 Å². The van der Waals surface area contributed by atoms with Crippen molar-refractivity contribution < 1.29 is 29.0 Å². The van der Waals surface area contributed by atoms with Crippen LogP contribution in [0, 0.1) is 0 Å². The van der Waals surface area contributed by atoms with Gasteiger partial charge in [-0.15, -0.1) is 0 Å². The van der Waals surface area contributed by atoms with Gasteiger partial charge in [-0.05, 0) is 22.3 Å². The maximum Gasteiger partial charge on any atom is 0.328 e. The Morgan fingerprint density at radius 3 is 2.32 bits per heavy atom. The lowest BCUT2D eigenvalue weighted by Crippen LogP contribution is -2.50. The average Bonchev–Trinajstić information content (AvgIpc) is 3.39. The largest absolute Gasteiger partial charge is 0.463 e. The highest BCUT2D eigenvalue weighted by atomic mass is 16.5. The molecule has 0 unspecified atom stereocenters. The maximum absolute atomic E-state index is 13.0. The van der Waals surface area contributed by atoms with Crippen molar-refractivity contribution in [1.29, 1.82) is 0 Å². The molecule has 2 aromatic rings. The van der Waals surface area contributed by atoms with E-state index in [9.17, 15) is 19.5 Å². The molecule has 0 saturated carbocycles. The zero-order valence-corrected chi connectivity index (χ0v) is 18.8. The van der Waals surface area contributed by atoms with E-state index in [-0.39, 0.29) is 38.5 Å². The Balaban J connectivity index is 1.43. The van der Waals surface area contributed by atoms with Crippen LogP contribution >= 0.6 is 0 Å². The molecule has 1 heterocycles. The van der Waals surface area contributed by atoms with Crippen molar-refractivity contribution in [2.45, 2.75) is 36.9 Å². The summed E-state index contributed by atoms with van der Waals surface area (Å²) in [4.78, 5) is 38.9. The lowest BCUT2D eigenvalue weighted by Gasteiger charge is -2.26. The number of esters is 2. The zero-order chi connectivity index (χ0) is 24.2. The molecule has 8 nitrogen and oxygen atoms in total. The number of aliphatic hydroxyl groups excluding tert-OH is 1. The molecule has 1 amide bonds. The van der Waals surface area contributed by atoms with Gasteiger partial charge in [0.05, 0.1) is 18.6 Å². The Bertz CT molecular complexity index is 1050. The third-order valence-corrected chi connectivity index (χ3v) is 6.25. The van der Waals surface area contributed by atoms with Gasteiger partial charge in [0, 0.05) is 18.9 Å². The summed E-state index contributed by atoms with van der Waals surface area (Å²) in [5.74, 6) is -1.97. The van der Waals surface area contributed by atoms with E-state index in [0.29, 0.717) is 0 Å². The summed E-state index contributed by atoms with van der Waals surface area (Å²) >= 11 is 0. The second-order valence-electron chi connectivity index (χ2n) is 8.54. The van der Waals surface area contributed by atoms with Crippen molar-refractivity contribution in [2.75, 3.05) is 19.8 Å². The minimum absolute atomic E-state index is 0.0184. The summed E-state index contributed by atoms with van der Waals surface area (Å²) in [6.45, 7) is 3.53. The number of carbonyl (C=O) groups is 3. The smallest absolute Gasteiger partial charge is 0.328 e. The van der Waals surface area contributed by atoms with E-state index in [1.165, 1.54) is 11.0 Å². The molecule has 1 saturated heterocycles. The van der Waals surface area contributed by atoms with Crippen molar-refractivity contribution in [3.63, 3.8) is 0 Å². The molecule has 1 aliphatic carbocycles. The fourth-order valence-corrected chi connectivity index (χ4v) is 4.67. The van der Waals surface area contributed by atoms with Gasteiger partial charge in [0.25, 0.3) is 0 Å². The van der Waals surface area contributed by atoms with E-state index in [1.807, 2.05) is 48.5 Å². The number of β-amino-alcohol motifs (C(OH)–C–C–N with tert-alkyl or cyclic N) is 1. The Kier molecular flexibility index (Phi) is 7.09. The van der Waals surface area contributed by atoms with Crippen molar-refractivity contribution in [2.24, 2.45) is 5.73 Å². The van der Waals surface area contributed by atoms with E-state index < -0.39 is 36.0 Å². The first kappa shape index (κ1) is 23.7. The molecule has 8 heteroatoms. The lowest BCUT2D eigenvalue weighted by atomic mass is 9.98. The summed E-state index contributed by atoms with van der Waals surface area (Å²) in [7, 11) is 0. The number of rotatable bonds is 8. The van der Waals surface area contributed by atoms with Crippen LogP contribution in [-0.4, -0.2) is 65.8 Å². The summed E-state index contributed by atoms with van der Waals surface area (Å²) in [5.41, 5.74) is 10.3. The van der Waals surface area contributed by atoms with Crippen LogP contribution in [0.1, 0.15) is 29.9 Å². The van der Waals surface area contributed by atoms with Crippen LogP contribution in [0.3, 0.4) is 0 Å². The quantitative estimate of drug-likeness (QED) is 0.451. The Morgan fingerprint density at radius 1 is 1.09 bits per heavy atom. The van der Waals surface area contributed by atoms with Gasteiger partial charge < -0.3 is 25.2 Å². The summed E-state index contributed by atoms with van der Waals surface area (Å²) < 4.78 is 10.6. The molecule has 1 aliphatic heterocycles. The molecule has 3 N–H and O–H groups in total. The second-order valence-corrected chi connectivity index (χ2v) is 8.54. The van der Waals surface area contributed by atoms with Crippen LogP contribution in [0.25, 0.3) is 11.1 Å². The molecule has 178 valence electrons. The Hall–Kier alpha value is -3.49. The van der Waals surface area contributed by atoms with E-state index >= 15 is 0 Å². The summed E-state index contributed by atoms with van der Waals surface area (Å²) in [6, 6.07) is 13.8. The first-order valence-corrected chi connectivity index (χ1v) is 11.3. The van der Waals surface area contributed by atoms with E-state index in [0.717, 1.165) is 22.3 Å². The molecule has 2 aromatic carbocycles. The van der Waals surface area contributed by atoms with Gasteiger partial charge in [-0.25, -0.2) is 4.79 Å². The van der Waals surface area contributed by atoms with Crippen LogP contribution in [0.5, 0.6) is 0 Å². The number of benzene rings is 2. The van der Waals surface area contributed by atoms with Crippen LogP contribution in [0.4, 0.5) is 0 Å². The number of amides is 1. The van der Waals surface area contributed by atoms with Crippen LogP contribution in [0.15, 0.2) is 61.2 Å². The van der Waals surface area contributed by atoms with E-state index in [2.05, 4.69) is 6.58 Å². The van der Waals surface area contributed by atoms with Gasteiger partial charge in [-0.2, -0.15) is 0 Å². The highest BCUT2D eigenvalue weighted by Gasteiger charge is 2.42. The predicted molar refractivity (Wildman–Crippen MR) is 125 cm³/mol. The third kappa shape index (κ3) is 4.73. The third-order valence-electron chi connectivity index (χ3n) is 6.25. The number of carbonyl (C=O) groups excluding carboxylic acids is 3. The standard InChI is InChI=1S/C26H28N2O6/c1-2-11-33-24(30)13-22(27)25(31)28-14-16(29)12-23(28)26(32)34-15-21-19-9-5-3-7-17(19)18-8-4-6-10-20(18)21/h2-10,16,21-23,29H,1,11-15,27H2/t16-,22+,23+/m1/s1. The average molecular weight is 465 g/mol. The number of hydrogen-bond donors (Lipinski definition) is 2. The van der Waals surface area contributed by atoms with Crippen LogP contribution in [0.2, 0.25) is 0 Å². The van der Waals surface area contributed by atoms with E-state index in [1.54, 1.807) is 0 Å². The van der Waals surface area contributed by atoms with Gasteiger partial charge in [0.15, 0.2) is 0 Å². The minimum atomic E-state index is -1.19. The normalized spacial score (nSPS) is 19.8. The monoisotopic (exact) mass is 464 g/mol. The van der Waals surface area contributed by atoms with Crippen LogP contribution in [-0.2, 0) is 23.9 Å². The van der Waals surface area contributed by atoms with Gasteiger partial charge in [-0.1, -0.05) is 61.2 Å².